The molecule has 0 unspecified atom stereocenters. The van der Waals surface area contributed by atoms with Crippen LogP contribution in [0.2, 0.25) is 0 Å². The van der Waals surface area contributed by atoms with Crippen LogP contribution in [0.4, 0.5) is 10.1 Å². The fraction of sp³-hybridized carbons (Fsp3) is 0.316. The minimum absolute atomic E-state index is 0.0561. The third-order valence-corrected chi connectivity index (χ3v) is 4.59. The van der Waals surface area contributed by atoms with E-state index in [1.54, 1.807) is 12.1 Å². The van der Waals surface area contributed by atoms with Gasteiger partial charge in [0.05, 0.1) is 6.54 Å². The lowest BCUT2D eigenvalue weighted by atomic mass is 10.1. The van der Waals surface area contributed by atoms with Crippen molar-refractivity contribution >= 4 is 11.6 Å². The highest BCUT2D eigenvalue weighted by atomic mass is 19.1. The highest BCUT2D eigenvalue weighted by Gasteiger charge is 2.26. The fourth-order valence-corrected chi connectivity index (χ4v) is 3.08. The van der Waals surface area contributed by atoms with Gasteiger partial charge in [-0.1, -0.05) is 36.4 Å². The van der Waals surface area contributed by atoms with Gasteiger partial charge in [-0.05, 0) is 38.1 Å². The summed E-state index contributed by atoms with van der Waals surface area (Å²) in [6.07, 6.45) is 0.897. The van der Waals surface area contributed by atoms with Crippen LogP contribution in [0.1, 0.15) is 24.1 Å². The van der Waals surface area contributed by atoms with Gasteiger partial charge in [0.2, 0.25) is 5.91 Å². The van der Waals surface area contributed by atoms with E-state index in [0.717, 1.165) is 18.7 Å². The summed E-state index contributed by atoms with van der Waals surface area (Å²) in [5, 5.41) is 0. The van der Waals surface area contributed by atoms with E-state index in [-0.39, 0.29) is 24.3 Å². The lowest BCUT2D eigenvalue weighted by molar-refractivity contribution is -0.119. The third kappa shape index (κ3) is 3.13. The molecular formula is C19H21FN2O. The predicted molar refractivity (Wildman–Crippen MR) is 89.9 cm³/mol. The number of hydrogen-bond acceptors (Lipinski definition) is 2. The van der Waals surface area contributed by atoms with Crippen molar-refractivity contribution in [1.29, 1.82) is 0 Å². The number of hydrogen-bond donors (Lipinski definition) is 0. The molecule has 3 rings (SSSR count). The number of likely N-dealkylation sites (N-methyl/N-ethyl adjacent to an activating group) is 1. The third-order valence-electron chi connectivity index (χ3n) is 4.59. The molecule has 0 bridgehead atoms. The Labute approximate surface area is 136 Å². The van der Waals surface area contributed by atoms with Crippen LogP contribution >= 0.6 is 0 Å². The van der Waals surface area contributed by atoms with E-state index in [1.165, 1.54) is 11.6 Å². The molecule has 0 spiro atoms. The Morgan fingerprint density at radius 1 is 1.22 bits per heavy atom. The van der Waals surface area contributed by atoms with E-state index in [2.05, 4.69) is 6.07 Å². The molecule has 3 nitrogen and oxygen atoms in total. The van der Waals surface area contributed by atoms with E-state index in [1.807, 2.05) is 48.0 Å². The second-order valence-electron chi connectivity index (χ2n) is 6.04. The maximum Gasteiger partial charge on any atom is 0.241 e. The van der Waals surface area contributed by atoms with Gasteiger partial charge >= 0.3 is 0 Å². The molecule has 1 heterocycles. The van der Waals surface area contributed by atoms with Gasteiger partial charge in [0.25, 0.3) is 0 Å². The van der Waals surface area contributed by atoms with Crippen molar-refractivity contribution in [2.45, 2.75) is 19.4 Å². The van der Waals surface area contributed by atoms with Gasteiger partial charge in [-0.3, -0.25) is 9.69 Å². The maximum absolute atomic E-state index is 13.9. The summed E-state index contributed by atoms with van der Waals surface area (Å²) in [6, 6.07) is 14.6. The minimum Gasteiger partial charge on any atom is -0.311 e. The van der Waals surface area contributed by atoms with Gasteiger partial charge in [0.15, 0.2) is 0 Å². The molecule has 1 aliphatic rings. The number of rotatable bonds is 4. The van der Waals surface area contributed by atoms with Crippen molar-refractivity contribution in [1.82, 2.24) is 4.90 Å². The molecule has 0 aliphatic carbocycles. The summed E-state index contributed by atoms with van der Waals surface area (Å²) in [7, 11) is 1.86. The van der Waals surface area contributed by atoms with Gasteiger partial charge < -0.3 is 4.90 Å². The number of benzene rings is 2. The van der Waals surface area contributed by atoms with Gasteiger partial charge in [0.1, 0.15) is 5.82 Å². The second kappa shape index (κ2) is 6.50. The zero-order chi connectivity index (χ0) is 16.4. The number of anilines is 1. The monoisotopic (exact) mass is 312 g/mol. The first kappa shape index (κ1) is 15.7. The molecule has 4 heteroatoms. The Kier molecular flexibility index (Phi) is 4.44. The van der Waals surface area contributed by atoms with E-state index >= 15 is 0 Å². The van der Waals surface area contributed by atoms with Crippen LogP contribution in [0.3, 0.4) is 0 Å². The van der Waals surface area contributed by atoms with Crippen LogP contribution < -0.4 is 4.90 Å². The molecule has 2 aromatic rings. The average molecular weight is 312 g/mol. The van der Waals surface area contributed by atoms with Crippen molar-refractivity contribution in [2.75, 3.05) is 25.0 Å². The number of halogens is 1. The molecule has 0 saturated carbocycles. The SMILES string of the molecule is C[C@@H](c1ccccc1F)N(C)CC(=O)N1CCc2ccccc21. The summed E-state index contributed by atoms with van der Waals surface area (Å²) in [5.74, 6) is -0.175. The Balaban J connectivity index is 1.70. The molecular weight excluding hydrogens is 291 g/mol. The predicted octanol–water partition coefficient (Wildman–Crippen LogP) is 3.41. The Morgan fingerprint density at radius 2 is 1.91 bits per heavy atom. The first-order valence-electron chi connectivity index (χ1n) is 7.91. The molecule has 0 fully saturated rings. The van der Waals surface area contributed by atoms with Crippen LogP contribution in [0.5, 0.6) is 0 Å². The summed E-state index contributed by atoms with van der Waals surface area (Å²) in [4.78, 5) is 16.4. The summed E-state index contributed by atoms with van der Waals surface area (Å²) in [5.41, 5.74) is 2.83. The number of carbonyl (C=O) groups is 1. The van der Waals surface area contributed by atoms with E-state index in [4.69, 9.17) is 0 Å². The summed E-state index contributed by atoms with van der Waals surface area (Å²) in [6.45, 7) is 2.91. The number of fused-ring (bicyclic) bond motifs is 1. The Hall–Kier alpha value is -2.20. The molecule has 120 valence electrons. The quantitative estimate of drug-likeness (QED) is 0.864. The maximum atomic E-state index is 13.9. The summed E-state index contributed by atoms with van der Waals surface area (Å²) < 4.78 is 13.9. The van der Waals surface area contributed by atoms with Gasteiger partial charge in [0, 0.05) is 23.8 Å². The molecule has 0 N–H and O–H groups in total. The largest absolute Gasteiger partial charge is 0.311 e. The highest BCUT2D eigenvalue weighted by molar-refractivity contribution is 5.96. The molecule has 0 aromatic heterocycles. The zero-order valence-electron chi connectivity index (χ0n) is 13.5. The van der Waals surface area contributed by atoms with E-state index < -0.39 is 0 Å². The van der Waals surface area contributed by atoms with Crippen LogP contribution in [-0.4, -0.2) is 30.9 Å². The zero-order valence-corrected chi connectivity index (χ0v) is 13.5. The normalized spacial score (nSPS) is 14.9. The van der Waals surface area contributed by atoms with Crippen molar-refractivity contribution in [3.05, 3.63) is 65.5 Å². The fourth-order valence-electron chi connectivity index (χ4n) is 3.08. The Bertz CT molecular complexity index is 716. The molecule has 0 radical (unpaired) electrons. The number of carbonyl (C=O) groups excluding carboxylic acids is 1. The van der Waals surface area contributed by atoms with Crippen molar-refractivity contribution in [3.63, 3.8) is 0 Å². The number of nitrogens with zero attached hydrogens (tertiary/aromatic N) is 2. The molecule has 1 atom stereocenters. The topological polar surface area (TPSA) is 23.6 Å². The standard InChI is InChI=1S/C19H21FN2O/c1-14(16-8-4-5-9-17(16)20)21(2)13-19(23)22-12-11-15-7-3-6-10-18(15)22/h3-10,14H,11-13H2,1-2H3/t14-/m0/s1. The van der Waals surface area contributed by atoms with Gasteiger partial charge in [-0.25, -0.2) is 4.39 Å². The average Bonchev–Trinajstić information content (AvgIpc) is 2.98. The number of para-hydroxylation sites is 1. The molecule has 1 aliphatic heterocycles. The lowest BCUT2D eigenvalue weighted by Crippen LogP contribution is -2.39. The lowest BCUT2D eigenvalue weighted by Gasteiger charge is -2.27. The van der Waals surface area contributed by atoms with Crippen LogP contribution in [-0.2, 0) is 11.2 Å². The van der Waals surface area contributed by atoms with Crippen LogP contribution in [0.25, 0.3) is 0 Å². The number of amides is 1. The van der Waals surface area contributed by atoms with E-state index in [0.29, 0.717) is 5.56 Å². The van der Waals surface area contributed by atoms with E-state index in [9.17, 15) is 9.18 Å². The first-order valence-corrected chi connectivity index (χ1v) is 7.91. The first-order chi connectivity index (χ1) is 11.1. The molecule has 0 saturated heterocycles. The molecule has 2 aromatic carbocycles. The van der Waals surface area contributed by atoms with Gasteiger partial charge in [-0.15, -0.1) is 0 Å². The Morgan fingerprint density at radius 3 is 2.70 bits per heavy atom. The van der Waals surface area contributed by atoms with Crippen molar-refractivity contribution < 1.29 is 9.18 Å². The molecule has 23 heavy (non-hydrogen) atoms. The summed E-state index contributed by atoms with van der Waals surface area (Å²) >= 11 is 0. The smallest absolute Gasteiger partial charge is 0.241 e. The van der Waals surface area contributed by atoms with Crippen molar-refractivity contribution in [2.24, 2.45) is 0 Å². The second-order valence-corrected chi connectivity index (χ2v) is 6.04. The van der Waals surface area contributed by atoms with Gasteiger partial charge in [-0.2, -0.15) is 0 Å². The van der Waals surface area contributed by atoms with Crippen molar-refractivity contribution in [3.8, 4) is 0 Å². The molecule has 1 amide bonds. The van der Waals surface area contributed by atoms with Crippen LogP contribution in [0.15, 0.2) is 48.5 Å². The highest BCUT2D eigenvalue weighted by Crippen LogP contribution is 2.28. The van der Waals surface area contributed by atoms with Crippen LogP contribution in [0, 0.1) is 5.82 Å². The minimum atomic E-state index is -0.231.